The molecular formula is C52H64F2N10O6S2. The van der Waals surface area contributed by atoms with Crippen LogP contribution in [0.2, 0.25) is 0 Å². The van der Waals surface area contributed by atoms with Gasteiger partial charge in [0.2, 0.25) is 0 Å². The first-order valence-corrected chi connectivity index (χ1v) is 24.2. The van der Waals surface area contributed by atoms with Gasteiger partial charge >= 0.3 is 0 Å². The Morgan fingerprint density at radius 3 is 1.40 bits per heavy atom. The van der Waals surface area contributed by atoms with Gasteiger partial charge in [0, 0.05) is 72.9 Å². The van der Waals surface area contributed by atoms with Gasteiger partial charge in [-0.25, -0.2) is 18.7 Å². The Morgan fingerprint density at radius 2 is 1.03 bits per heavy atom. The number of fused-ring (bicyclic) bond motifs is 2. The normalized spacial score (nSPS) is 18.7. The van der Waals surface area contributed by atoms with E-state index in [1.165, 1.54) is 24.3 Å². The molecule has 4 saturated heterocycles. The zero-order valence-electron chi connectivity index (χ0n) is 40.6. The number of anilines is 4. The van der Waals surface area contributed by atoms with Crippen molar-refractivity contribution in [1.82, 2.24) is 29.7 Å². The first-order valence-electron chi connectivity index (χ1n) is 24.2. The smallest absolute Gasteiger partial charge is 0.254 e. The summed E-state index contributed by atoms with van der Waals surface area (Å²) in [5, 5.41) is 26.1. The van der Waals surface area contributed by atoms with Crippen LogP contribution in [0.3, 0.4) is 0 Å². The van der Waals surface area contributed by atoms with Crippen LogP contribution in [0.4, 0.5) is 31.8 Å². The van der Waals surface area contributed by atoms with Crippen molar-refractivity contribution in [3.63, 3.8) is 0 Å². The third-order valence-corrected chi connectivity index (χ3v) is 13.5. The molecule has 72 heavy (non-hydrogen) atoms. The molecule has 6 aromatic rings. The summed E-state index contributed by atoms with van der Waals surface area (Å²) in [5.74, 6) is 0.630. The summed E-state index contributed by atoms with van der Waals surface area (Å²) in [6.45, 7) is 10.6. The van der Waals surface area contributed by atoms with E-state index in [4.69, 9.17) is 19.4 Å². The standard InChI is InChI=1S/2C26H30FN5O3.2H2S/c2*1-17(29-20-5-2-4-19(27)14-20)22-12-18(26(34)32-7-3-6-21(32)16-33)13-23-25(22)30-24(15-28-23)31-8-10-35-11-9-31;;/h2*2,4-5,12-15,17,21,29,33H,3,6-11,16H2,1H3;2*1H2/t2*17?,21-;;/m00../s1. The third-order valence-electron chi connectivity index (χ3n) is 13.5. The highest BCUT2D eigenvalue weighted by Crippen LogP contribution is 2.33. The van der Waals surface area contributed by atoms with Crippen LogP contribution in [0, 0.1) is 11.6 Å². The molecule has 16 nitrogen and oxygen atoms in total. The number of carbonyl (C=O) groups excluding carboxylic acids is 2. The van der Waals surface area contributed by atoms with Gasteiger partial charge in [-0.15, -0.1) is 0 Å². The fourth-order valence-electron chi connectivity index (χ4n) is 9.79. The highest BCUT2D eigenvalue weighted by atomic mass is 32.1. The molecule has 0 bridgehead atoms. The van der Waals surface area contributed by atoms with Gasteiger partial charge in [0.05, 0.1) is 98.3 Å². The number of ether oxygens (including phenoxy) is 2. The van der Waals surface area contributed by atoms with Gasteiger partial charge in [0.15, 0.2) is 0 Å². The number of aromatic nitrogens is 4. The molecular weight excluding hydrogens is 963 g/mol. The summed E-state index contributed by atoms with van der Waals surface area (Å²) in [4.78, 5) is 53.8. The highest BCUT2D eigenvalue weighted by Gasteiger charge is 2.32. The molecule has 4 aliphatic rings. The molecule has 0 spiro atoms. The van der Waals surface area contributed by atoms with Gasteiger partial charge in [-0.3, -0.25) is 19.6 Å². The van der Waals surface area contributed by atoms with Crippen molar-refractivity contribution in [2.45, 2.75) is 63.7 Å². The zero-order chi connectivity index (χ0) is 48.7. The molecule has 0 aliphatic carbocycles. The lowest BCUT2D eigenvalue weighted by Crippen LogP contribution is -2.37. The Labute approximate surface area is 432 Å². The third kappa shape index (κ3) is 12.3. The molecule has 4 atom stereocenters. The van der Waals surface area contributed by atoms with E-state index in [0.717, 1.165) is 74.6 Å². The maximum atomic E-state index is 13.8. The van der Waals surface area contributed by atoms with Crippen molar-refractivity contribution >= 4 is 83.9 Å². The Morgan fingerprint density at radius 1 is 0.625 bits per heavy atom. The van der Waals surface area contributed by atoms with Crippen molar-refractivity contribution < 1.29 is 38.1 Å². The average Bonchev–Trinajstić information content (AvgIpc) is 4.08. The summed E-state index contributed by atoms with van der Waals surface area (Å²) in [6, 6.07) is 19.0. The molecule has 2 amide bonds. The largest absolute Gasteiger partial charge is 0.394 e. The van der Waals surface area contributed by atoms with Crippen LogP contribution in [0.5, 0.6) is 0 Å². The number of benzene rings is 4. The number of carbonyl (C=O) groups is 2. The summed E-state index contributed by atoms with van der Waals surface area (Å²) in [7, 11) is 0. The minimum Gasteiger partial charge on any atom is -0.394 e. The van der Waals surface area contributed by atoms with Crippen LogP contribution in [0.1, 0.15) is 83.5 Å². The second-order valence-electron chi connectivity index (χ2n) is 18.2. The summed E-state index contributed by atoms with van der Waals surface area (Å²) in [5.41, 5.74) is 6.53. The van der Waals surface area contributed by atoms with Crippen LogP contribution in [0.25, 0.3) is 22.1 Å². The van der Waals surface area contributed by atoms with E-state index in [2.05, 4.69) is 30.4 Å². The molecule has 2 aromatic heterocycles. The number of morpholine rings is 2. The minimum absolute atomic E-state index is 0. The Kier molecular flexibility index (Phi) is 18.5. The molecule has 2 unspecified atom stereocenters. The Hall–Kier alpha value is -5.90. The van der Waals surface area contributed by atoms with E-state index in [-0.39, 0.29) is 87.8 Å². The van der Waals surface area contributed by atoms with E-state index in [1.807, 2.05) is 26.0 Å². The number of aliphatic hydroxyl groups is 2. The topological polar surface area (TPSA) is 182 Å². The molecule has 20 heteroatoms. The van der Waals surface area contributed by atoms with E-state index in [0.29, 0.717) is 84.1 Å². The second kappa shape index (κ2) is 24.7. The quantitative estimate of drug-likeness (QED) is 0.0986. The molecule has 0 radical (unpaired) electrons. The molecule has 384 valence electrons. The van der Waals surface area contributed by atoms with E-state index < -0.39 is 0 Å². The van der Waals surface area contributed by atoms with Crippen LogP contribution in [-0.4, -0.2) is 143 Å². The van der Waals surface area contributed by atoms with Crippen LogP contribution in [-0.2, 0) is 9.47 Å². The predicted molar refractivity (Wildman–Crippen MR) is 285 cm³/mol. The van der Waals surface area contributed by atoms with Gasteiger partial charge in [0.1, 0.15) is 23.3 Å². The monoisotopic (exact) mass is 1030 g/mol. The molecule has 4 N–H and O–H groups in total. The van der Waals surface area contributed by atoms with Crippen molar-refractivity contribution in [3.05, 3.63) is 119 Å². The second-order valence-corrected chi connectivity index (χ2v) is 18.2. The van der Waals surface area contributed by atoms with Gasteiger partial charge in [-0.1, -0.05) is 12.1 Å². The fraction of sp³-hybridized carbons (Fsp3) is 0.423. The minimum atomic E-state index is -0.325. The predicted octanol–water partition coefficient (Wildman–Crippen LogP) is 6.98. The number of amides is 2. The Balaban J connectivity index is 0.000000206. The molecule has 6 heterocycles. The number of aliphatic hydroxyl groups excluding tert-OH is 2. The van der Waals surface area contributed by atoms with Crippen molar-refractivity contribution in [1.29, 1.82) is 0 Å². The van der Waals surface area contributed by atoms with Crippen molar-refractivity contribution in [3.8, 4) is 0 Å². The molecule has 10 rings (SSSR count). The van der Waals surface area contributed by atoms with Crippen LogP contribution < -0.4 is 20.4 Å². The van der Waals surface area contributed by atoms with E-state index >= 15 is 0 Å². The fourth-order valence-corrected chi connectivity index (χ4v) is 9.79. The lowest BCUT2D eigenvalue weighted by molar-refractivity contribution is 0.0672. The molecule has 4 fully saturated rings. The Bertz CT molecular complexity index is 2640. The zero-order valence-corrected chi connectivity index (χ0v) is 42.6. The number of hydrogen-bond donors (Lipinski definition) is 4. The van der Waals surface area contributed by atoms with Gasteiger partial charge in [0.25, 0.3) is 11.8 Å². The first-order chi connectivity index (χ1) is 34.1. The number of nitrogens with zero attached hydrogens (tertiary/aromatic N) is 8. The maximum Gasteiger partial charge on any atom is 0.254 e. The average molecular weight is 1030 g/mol. The van der Waals surface area contributed by atoms with E-state index in [1.54, 1.807) is 58.6 Å². The van der Waals surface area contributed by atoms with Crippen LogP contribution >= 0.6 is 27.0 Å². The van der Waals surface area contributed by atoms with Gasteiger partial charge in [-0.05, 0) is 100 Å². The number of rotatable bonds is 12. The number of likely N-dealkylation sites (tertiary alicyclic amines) is 2. The molecule has 4 aliphatic heterocycles. The number of halogens is 2. The van der Waals surface area contributed by atoms with E-state index in [9.17, 15) is 28.6 Å². The number of nitrogens with one attached hydrogen (secondary N) is 2. The van der Waals surface area contributed by atoms with Gasteiger partial charge < -0.3 is 49.9 Å². The lowest BCUT2D eigenvalue weighted by atomic mass is 10.0. The molecule has 0 saturated carbocycles. The van der Waals surface area contributed by atoms with Crippen LogP contribution in [0.15, 0.2) is 85.2 Å². The maximum absolute atomic E-state index is 13.8. The number of hydrogen-bond acceptors (Lipinski definition) is 14. The van der Waals surface area contributed by atoms with Gasteiger partial charge in [-0.2, -0.15) is 27.0 Å². The summed E-state index contributed by atoms with van der Waals surface area (Å²) >= 11 is 0. The summed E-state index contributed by atoms with van der Waals surface area (Å²) in [6.07, 6.45) is 6.81. The van der Waals surface area contributed by atoms with Crippen molar-refractivity contribution in [2.24, 2.45) is 0 Å². The molecule has 4 aromatic carbocycles. The first kappa shape index (κ1) is 53.9. The van der Waals surface area contributed by atoms with Crippen molar-refractivity contribution in [2.75, 3.05) is 99.3 Å². The SMILES string of the molecule is CC(Nc1cccc(F)c1)c1cc(C(=O)N2CCC[C@H]2CO)cc2ncc(N3CCOCC3)nc12.CC(Nc1cccc(F)c1)c1cc(C(=O)N2CCC[C@H]2CO)cc2ncc(N3CCOCC3)nc12.S.S. The lowest BCUT2D eigenvalue weighted by Gasteiger charge is -2.28. The summed E-state index contributed by atoms with van der Waals surface area (Å²) < 4.78 is 38.5. The highest BCUT2D eigenvalue weighted by molar-refractivity contribution is 7.59.